The van der Waals surface area contributed by atoms with Crippen LogP contribution in [0.25, 0.3) is 0 Å². The molecule has 4 nitrogen and oxygen atoms in total. The third-order valence-electron chi connectivity index (χ3n) is 4.11. The Morgan fingerprint density at radius 1 is 1.21 bits per heavy atom. The summed E-state index contributed by atoms with van der Waals surface area (Å²) >= 11 is 1.49. The van der Waals surface area contributed by atoms with Crippen LogP contribution >= 0.6 is 11.8 Å². The van der Waals surface area contributed by atoms with E-state index in [9.17, 15) is 9.59 Å². The molecule has 1 heterocycles. The second-order valence-electron chi connectivity index (χ2n) is 6.14. The molecular formula is C19H20N2O2S. The minimum absolute atomic E-state index is 0.0271. The Hall–Kier alpha value is -2.27. The Morgan fingerprint density at radius 3 is 2.75 bits per heavy atom. The molecule has 0 bridgehead atoms. The molecule has 24 heavy (non-hydrogen) atoms. The molecule has 1 aliphatic rings. The van der Waals surface area contributed by atoms with Crippen molar-refractivity contribution in [3.63, 3.8) is 0 Å². The SMILES string of the molecule is Cc1ccc(CN(C)C(=O)c2ccc3c(c2)NC(=O)CS3)c(C)c1. The van der Waals surface area contributed by atoms with E-state index < -0.39 is 0 Å². The minimum Gasteiger partial charge on any atom is -0.337 e. The zero-order valence-corrected chi connectivity index (χ0v) is 14.9. The van der Waals surface area contributed by atoms with E-state index in [1.54, 1.807) is 18.0 Å². The number of amides is 2. The highest BCUT2D eigenvalue weighted by molar-refractivity contribution is 8.00. The number of nitrogens with one attached hydrogen (secondary N) is 1. The highest BCUT2D eigenvalue weighted by atomic mass is 32.2. The largest absolute Gasteiger partial charge is 0.337 e. The maximum absolute atomic E-state index is 12.7. The predicted octanol–water partition coefficient (Wildman–Crippen LogP) is 3.62. The number of carbonyl (C=O) groups is 2. The molecule has 0 radical (unpaired) electrons. The topological polar surface area (TPSA) is 49.4 Å². The molecule has 0 spiro atoms. The van der Waals surface area contributed by atoms with Gasteiger partial charge < -0.3 is 10.2 Å². The number of thioether (sulfide) groups is 1. The van der Waals surface area contributed by atoms with E-state index in [2.05, 4.69) is 37.4 Å². The van der Waals surface area contributed by atoms with E-state index in [1.807, 2.05) is 12.1 Å². The van der Waals surface area contributed by atoms with Crippen molar-refractivity contribution in [2.24, 2.45) is 0 Å². The Labute approximate surface area is 146 Å². The summed E-state index contributed by atoms with van der Waals surface area (Å²) in [5.41, 5.74) is 4.85. The zero-order chi connectivity index (χ0) is 17.3. The average molecular weight is 340 g/mol. The quantitative estimate of drug-likeness (QED) is 0.928. The summed E-state index contributed by atoms with van der Waals surface area (Å²) in [6.45, 7) is 4.68. The van der Waals surface area contributed by atoms with E-state index in [0.29, 0.717) is 17.9 Å². The number of aryl methyl sites for hydroxylation is 2. The number of nitrogens with zero attached hydrogens (tertiary/aromatic N) is 1. The Kier molecular flexibility index (Phi) is 4.62. The summed E-state index contributed by atoms with van der Waals surface area (Å²) in [7, 11) is 1.80. The number of rotatable bonds is 3. The normalized spacial score (nSPS) is 13.2. The summed E-state index contributed by atoms with van der Waals surface area (Å²) in [4.78, 5) is 26.9. The van der Waals surface area contributed by atoms with Gasteiger partial charge in [0.15, 0.2) is 0 Å². The number of carbonyl (C=O) groups excluding carboxylic acids is 2. The number of benzene rings is 2. The molecule has 2 aromatic rings. The van der Waals surface area contributed by atoms with Crippen LogP contribution in [0.15, 0.2) is 41.3 Å². The Bertz CT molecular complexity index is 817. The zero-order valence-electron chi connectivity index (χ0n) is 14.1. The first-order chi connectivity index (χ1) is 11.4. The van der Waals surface area contributed by atoms with Gasteiger partial charge in [0.25, 0.3) is 5.91 Å². The standard InChI is InChI=1S/C19H20N2O2S/c1-12-4-5-15(13(2)8-12)10-21(3)19(23)14-6-7-17-16(9-14)20-18(22)11-24-17/h4-9H,10-11H2,1-3H3,(H,20,22). The summed E-state index contributed by atoms with van der Waals surface area (Å²) < 4.78 is 0. The van der Waals surface area contributed by atoms with Crippen molar-refractivity contribution in [1.29, 1.82) is 0 Å². The van der Waals surface area contributed by atoms with Crippen LogP contribution < -0.4 is 5.32 Å². The van der Waals surface area contributed by atoms with Gasteiger partial charge in [-0.2, -0.15) is 0 Å². The molecule has 2 aromatic carbocycles. The molecule has 0 fully saturated rings. The molecule has 5 heteroatoms. The van der Waals surface area contributed by atoms with Crippen LogP contribution in [-0.4, -0.2) is 29.5 Å². The molecular weight excluding hydrogens is 320 g/mol. The third kappa shape index (κ3) is 3.46. The van der Waals surface area contributed by atoms with Gasteiger partial charge in [0.1, 0.15) is 0 Å². The lowest BCUT2D eigenvalue weighted by atomic mass is 10.1. The predicted molar refractivity (Wildman–Crippen MR) is 97.5 cm³/mol. The summed E-state index contributed by atoms with van der Waals surface area (Å²) in [5.74, 6) is 0.343. The number of fused-ring (bicyclic) bond motifs is 1. The van der Waals surface area contributed by atoms with Crippen molar-refractivity contribution < 1.29 is 9.59 Å². The summed E-state index contributed by atoms with van der Waals surface area (Å²) in [5, 5.41) is 2.83. The Balaban J connectivity index is 1.78. The summed E-state index contributed by atoms with van der Waals surface area (Å²) in [6, 6.07) is 11.7. The number of anilines is 1. The first kappa shape index (κ1) is 16.6. The van der Waals surface area contributed by atoms with Gasteiger partial charge in [-0.3, -0.25) is 9.59 Å². The highest BCUT2D eigenvalue weighted by Crippen LogP contribution is 2.32. The van der Waals surface area contributed by atoms with Crippen molar-refractivity contribution in [2.45, 2.75) is 25.3 Å². The smallest absolute Gasteiger partial charge is 0.253 e. The fraction of sp³-hybridized carbons (Fsp3) is 0.263. The molecule has 2 amide bonds. The molecule has 1 aliphatic heterocycles. The van der Waals surface area contributed by atoms with E-state index >= 15 is 0 Å². The lowest BCUT2D eigenvalue weighted by Crippen LogP contribution is -2.27. The first-order valence-electron chi connectivity index (χ1n) is 7.82. The molecule has 0 atom stereocenters. The van der Waals surface area contributed by atoms with Crippen LogP contribution in [0.2, 0.25) is 0 Å². The fourth-order valence-electron chi connectivity index (χ4n) is 2.79. The average Bonchev–Trinajstić information content (AvgIpc) is 2.56. The highest BCUT2D eigenvalue weighted by Gasteiger charge is 2.19. The van der Waals surface area contributed by atoms with Crippen molar-refractivity contribution >= 4 is 29.3 Å². The molecule has 3 rings (SSSR count). The summed E-state index contributed by atoms with van der Waals surface area (Å²) in [6.07, 6.45) is 0. The fourth-order valence-corrected chi connectivity index (χ4v) is 3.58. The van der Waals surface area contributed by atoms with E-state index in [-0.39, 0.29) is 11.8 Å². The molecule has 0 saturated heterocycles. The molecule has 0 saturated carbocycles. The van der Waals surface area contributed by atoms with Gasteiger partial charge in [-0.15, -0.1) is 11.8 Å². The molecule has 124 valence electrons. The van der Waals surface area contributed by atoms with E-state index in [0.717, 1.165) is 16.1 Å². The van der Waals surface area contributed by atoms with Gasteiger partial charge in [-0.05, 0) is 43.2 Å². The number of hydrogen-bond acceptors (Lipinski definition) is 3. The van der Waals surface area contributed by atoms with Gasteiger partial charge in [-0.25, -0.2) is 0 Å². The molecule has 0 aromatic heterocycles. The molecule has 0 aliphatic carbocycles. The van der Waals surface area contributed by atoms with E-state index in [1.165, 1.54) is 22.9 Å². The first-order valence-corrected chi connectivity index (χ1v) is 8.81. The van der Waals surface area contributed by atoms with Gasteiger partial charge in [0.2, 0.25) is 5.91 Å². The van der Waals surface area contributed by atoms with Crippen molar-refractivity contribution in [3.05, 3.63) is 58.7 Å². The van der Waals surface area contributed by atoms with Crippen LogP contribution in [0.4, 0.5) is 5.69 Å². The minimum atomic E-state index is -0.0532. The van der Waals surface area contributed by atoms with Crippen LogP contribution in [0.3, 0.4) is 0 Å². The van der Waals surface area contributed by atoms with Crippen molar-refractivity contribution in [1.82, 2.24) is 4.90 Å². The van der Waals surface area contributed by atoms with Crippen LogP contribution in [-0.2, 0) is 11.3 Å². The lowest BCUT2D eigenvalue weighted by molar-refractivity contribution is -0.113. The van der Waals surface area contributed by atoms with Gasteiger partial charge >= 0.3 is 0 Å². The molecule has 1 N–H and O–H groups in total. The van der Waals surface area contributed by atoms with Crippen molar-refractivity contribution in [3.8, 4) is 0 Å². The lowest BCUT2D eigenvalue weighted by Gasteiger charge is -2.21. The van der Waals surface area contributed by atoms with Crippen LogP contribution in [0.5, 0.6) is 0 Å². The Morgan fingerprint density at radius 2 is 2.00 bits per heavy atom. The second kappa shape index (κ2) is 6.69. The molecule has 0 unspecified atom stereocenters. The van der Waals surface area contributed by atoms with E-state index in [4.69, 9.17) is 0 Å². The van der Waals surface area contributed by atoms with Crippen LogP contribution in [0.1, 0.15) is 27.0 Å². The maximum Gasteiger partial charge on any atom is 0.253 e. The van der Waals surface area contributed by atoms with Gasteiger partial charge in [0, 0.05) is 24.1 Å². The van der Waals surface area contributed by atoms with Gasteiger partial charge in [-0.1, -0.05) is 23.8 Å². The van der Waals surface area contributed by atoms with Gasteiger partial charge in [0.05, 0.1) is 11.4 Å². The maximum atomic E-state index is 12.7. The second-order valence-corrected chi connectivity index (χ2v) is 7.16. The van der Waals surface area contributed by atoms with Crippen LogP contribution in [0, 0.1) is 13.8 Å². The third-order valence-corrected chi connectivity index (χ3v) is 5.19. The van der Waals surface area contributed by atoms with Crippen molar-refractivity contribution in [2.75, 3.05) is 18.1 Å². The monoisotopic (exact) mass is 340 g/mol. The number of hydrogen-bond donors (Lipinski definition) is 1.